The third kappa shape index (κ3) is 3.62. The number of hydrogen-bond donors (Lipinski definition) is 1. The van der Waals surface area contributed by atoms with E-state index in [1.807, 2.05) is 45.0 Å². The van der Waals surface area contributed by atoms with Crippen LogP contribution in [0.4, 0.5) is 5.69 Å². The second-order valence-corrected chi connectivity index (χ2v) is 8.12. The van der Waals surface area contributed by atoms with E-state index in [1.165, 1.54) is 27.7 Å². The Hall–Kier alpha value is -2.12. The molecule has 7 heteroatoms. The summed E-state index contributed by atoms with van der Waals surface area (Å²) < 4.78 is 1.51. The highest BCUT2D eigenvalue weighted by molar-refractivity contribution is 7.99. The van der Waals surface area contributed by atoms with Gasteiger partial charge < -0.3 is 5.32 Å². The van der Waals surface area contributed by atoms with Gasteiger partial charge in [0.15, 0.2) is 5.16 Å². The predicted molar refractivity (Wildman–Crippen MR) is 105 cm³/mol. The largest absolute Gasteiger partial charge is 0.325 e. The number of para-hydroxylation sites is 1. The topological polar surface area (TPSA) is 64.0 Å². The molecule has 1 N–H and O–H groups in total. The Labute approximate surface area is 154 Å². The first-order valence-electron chi connectivity index (χ1n) is 7.83. The molecule has 0 aliphatic carbocycles. The van der Waals surface area contributed by atoms with Crippen molar-refractivity contribution in [1.29, 1.82) is 0 Å². The molecule has 0 aliphatic heterocycles. The number of fused-ring (bicyclic) bond motifs is 1. The van der Waals surface area contributed by atoms with Gasteiger partial charge in [-0.05, 0) is 38.0 Å². The first-order valence-corrected chi connectivity index (χ1v) is 9.63. The number of aryl methyl sites for hydroxylation is 3. The van der Waals surface area contributed by atoms with Crippen molar-refractivity contribution in [2.75, 3.05) is 11.1 Å². The van der Waals surface area contributed by atoms with Crippen molar-refractivity contribution in [2.24, 2.45) is 7.05 Å². The summed E-state index contributed by atoms with van der Waals surface area (Å²) >= 11 is 2.76. The van der Waals surface area contributed by atoms with Gasteiger partial charge in [0.2, 0.25) is 5.91 Å². The van der Waals surface area contributed by atoms with Gasteiger partial charge in [-0.15, -0.1) is 11.3 Å². The van der Waals surface area contributed by atoms with Gasteiger partial charge in [0.05, 0.1) is 11.1 Å². The van der Waals surface area contributed by atoms with Gasteiger partial charge in [-0.25, -0.2) is 4.98 Å². The van der Waals surface area contributed by atoms with Gasteiger partial charge in [-0.3, -0.25) is 14.2 Å². The summed E-state index contributed by atoms with van der Waals surface area (Å²) in [5.41, 5.74) is 2.82. The van der Waals surface area contributed by atoms with E-state index in [9.17, 15) is 9.59 Å². The third-order valence-corrected chi connectivity index (χ3v) is 5.91. The average molecular weight is 374 g/mol. The lowest BCUT2D eigenvalue weighted by Gasteiger charge is -2.11. The molecule has 2 heterocycles. The molecule has 1 aromatic carbocycles. The number of benzene rings is 1. The maximum Gasteiger partial charge on any atom is 0.262 e. The summed E-state index contributed by atoms with van der Waals surface area (Å²) in [6, 6.07) is 7.76. The molecule has 0 saturated heterocycles. The second kappa shape index (κ2) is 7.01. The molecule has 0 bridgehead atoms. The van der Waals surface area contributed by atoms with Crippen LogP contribution >= 0.6 is 23.1 Å². The van der Waals surface area contributed by atoms with E-state index >= 15 is 0 Å². The van der Waals surface area contributed by atoms with E-state index < -0.39 is 0 Å². The van der Waals surface area contributed by atoms with E-state index in [2.05, 4.69) is 10.3 Å². The molecule has 0 aliphatic rings. The van der Waals surface area contributed by atoms with Gasteiger partial charge in [-0.1, -0.05) is 30.0 Å². The van der Waals surface area contributed by atoms with E-state index in [4.69, 9.17) is 0 Å². The minimum absolute atomic E-state index is 0.0768. The van der Waals surface area contributed by atoms with Crippen LogP contribution in [0, 0.1) is 20.8 Å². The van der Waals surface area contributed by atoms with Crippen molar-refractivity contribution in [3.05, 3.63) is 50.6 Å². The van der Waals surface area contributed by atoms with Gasteiger partial charge in [-0.2, -0.15) is 0 Å². The Bertz CT molecular complexity index is 1000. The fraction of sp³-hybridized carbons (Fsp3) is 0.278. The number of rotatable bonds is 4. The van der Waals surface area contributed by atoms with Crippen molar-refractivity contribution in [3.63, 3.8) is 0 Å². The van der Waals surface area contributed by atoms with Crippen LogP contribution in [-0.2, 0) is 11.8 Å². The first-order chi connectivity index (χ1) is 11.9. The SMILES string of the molecule is Cc1cc2c(=O)n(C)c(SCC(=O)Nc3c(C)cccc3C)nc2s1. The molecular weight excluding hydrogens is 354 g/mol. The summed E-state index contributed by atoms with van der Waals surface area (Å²) in [7, 11) is 1.69. The van der Waals surface area contributed by atoms with Crippen LogP contribution in [-0.4, -0.2) is 21.2 Å². The Morgan fingerprint density at radius 1 is 1.28 bits per heavy atom. The van der Waals surface area contributed by atoms with Crippen LogP contribution in [0.1, 0.15) is 16.0 Å². The number of amides is 1. The summed E-state index contributed by atoms with van der Waals surface area (Å²) in [5, 5.41) is 4.14. The van der Waals surface area contributed by atoms with Crippen molar-refractivity contribution in [1.82, 2.24) is 9.55 Å². The van der Waals surface area contributed by atoms with Crippen molar-refractivity contribution in [3.8, 4) is 0 Å². The zero-order chi connectivity index (χ0) is 18.1. The monoisotopic (exact) mass is 373 g/mol. The molecule has 0 radical (unpaired) electrons. The highest BCUT2D eigenvalue weighted by Crippen LogP contribution is 2.24. The molecule has 25 heavy (non-hydrogen) atoms. The highest BCUT2D eigenvalue weighted by Gasteiger charge is 2.13. The number of anilines is 1. The van der Waals surface area contributed by atoms with Crippen LogP contribution in [0.15, 0.2) is 34.2 Å². The molecule has 0 fully saturated rings. The highest BCUT2D eigenvalue weighted by atomic mass is 32.2. The Kier molecular flexibility index (Phi) is 4.96. The van der Waals surface area contributed by atoms with E-state index in [1.54, 1.807) is 7.05 Å². The molecule has 3 aromatic rings. The molecular formula is C18H19N3O2S2. The molecule has 0 atom stereocenters. The number of thioether (sulfide) groups is 1. The zero-order valence-corrected chi connectivity index (χ0v) is 16.2. The summed E-state index contributed by atoms with van der Waals surface area (Å²) in [5.74, 6) is 0.0864. The Morgan fingerprint density at radius 2 is 1.96 bits per heavy atom. The van der Waals surface area contributed by atoms with E-state index in [0.717, 1.165) is 26.5 Å². The lowest BCUT2D eigenvalue weighted by atomic mass is 10.1. The number of carbonyl (C=O) groups excluding carboxylic acids is 1. The fourth-order valence-corrected chi connectivity index (χ4v) is 4.31. The number of nitrogens with one attached hydrogen (secondary N) is 1. The molecule has 3 rings (SSSR count). The third-order valence-electron chi connectivity index (χ3n) is 3.93. The molecule has 0 saturated carbocycles. The van der Waals surface area contributed by atoms with Gasteiger partial charge >= 0.3 is 0 Å². The van der Waals surface area contributed by atoms with Crippen molar-refractivity contribution < 1.29 is 4.79 Å². The van der Waals surface area contributed by atoms with Crippen LogP contribution in [0.5, 0.6) is 0 Å². The second-order valence-electron chi connectivity index (χ2n) is 5.94. The lowest BCUT2D eigenvalue weighted by Crippen LogP contribution is -2.21. The number of hydrogen-bond acceptors (Lipinski definition) is 5. The number of carbonyl (C=O) groups is 1. The van der Waals surface area contributed by atoms with Crippen LogP contribution in [0.3, 0.4) is 0 Å². The van der Waals surface area contributed by atoms with E-state index in [-0.39, 0.29) is 17.2 Å². The molecule has 1 amide bonds. The maximum atomic E-state index is 12.4. The van der Waals surface area contributed by atoms with Gasteiger partial charge in [0, 0.05) is 17.6 Å². The van der Waals surface area contributed by atoms with Gasteiger partial charge in [0.1, 0.15) is 4.83 Å². The number of thiophene rings is 1. The summed E-state index contributed by atoms with van der Waals surface area (Å²) in [6.45, 7) is 5.89. The minimum atomic E-state index is -0.112. The Morgan fingerprint density at radius 3 is 2.64 bits per heavy atom. The molecule has 5 nitrogen and oxygen atoms in total. The molecule has 0 spiro atoms. The molecule has 2 aromatic heterocycles. The first kappa shape index (κ1) is 17.7. The summed E-state index contributed by atoms with van der Waals surface area (Å²) in [4.78, 5) is 31.0. The molecule has 130 valence electrons. The number of aromatic nitrogens is 2. The lowest BCUT2D eigenvalue weighted by molar-refractivity contribution is -0.113. The summed E-state index contributed by atoms with van der Waals surface area (Å²) in [6.07, 6.45) is 0. The average Bonchev–Trinajstić information content (AvgIpc) is 2.94. The van der Waals surface area contributed by atoms with Crippen LogP contribution in [0.2, 0.25) is 0 Å². The number of nitrogens with zero attached hydrogens (tertiary/aromatic N) is 2. The van der Waals surface area contributed by atoms with Crippen molar-refractivity contribution in [2.45, 2.75) is 25.9 Å². The minimum Gasteiger partial charge on any atom is -0.325 e. The Balaban J connectivity index is 1.77. The van der Waals surface area contributed by atoms with E-state index in [0.29, 0.717) is 10.5 Å². The smallest absolute Gasteiger partial charge is 0.262 e. The van der Waals surface area contributed by atoms with Gasteiger partial charge in [0.25, 0.3) is 5.56 Å². The van der Waals surface area contributed by atoms with Crippen LogP contribution < -0.4 is 10.9 Å². The standard InChI is InChI=1S/C18H19N3O2S2/c1-10-6-5-7-11(2)15(10)19-14(22)9-24-18-20-16-13(8-12(3)25-16)17(23)21(18)4/h5-8H,9H2,1-4H3,(H,19,22). The maximum absolute atomic E-state index is 12.4. The normalized spacial score (nSPS) is 11.0. The van der Waals surface area contributed by atoms with Crippen LogP contribution in [0.25, 0.3) is 10.2 Å². The molecule has 0 unspecified atom stereocenters. The zero-order valence-electron chi connectivity index (χ0n) is 14.5. The predicted octanol–water partition coefficient (Wildman–Crippen LogP) is 3.65. The fourth-order valence-electron chi connectivity index (χ4n) is 2.61. The quantitative estimate of drug-likeness (QED) is 0.560. The van der Waals surface area contributed by atoms with Crippen molar-refractivity contribution >= 4 is 44.9 Å².